The highest BCUT2D eigenvalue weighted by molar-refractivity contribution is 8.00. The van der Waals surface area contributed by atoms with E-state index in [2.05, 4.69) is 30.6 Å². The number of aliphatic hydroxyl groups excluding tert-OH is 3. The van der Waals surface area contributed by atoms with E-state index in [4.69, 9.17) is 14.2 Å². The van der Waals surface area contributed by atoms with E-state index < -0.39 is 65.2 Å². The van der Waals surface area contributed by atoms with Crippen LogP contribution in [0.5, 0.6) is 0 Å². The number of carbonyl (C=O) groups is 1. The number of hydrogen-bond acceptors (Lipinski definition) is 14. The molecule has 1 amide bonds. The molecule has 20 heteroatoms. The average Bonchev–Trinajstić information content (AvgIpc) is 3.89. The molecule has 2 aliphatic heterocycles. The van der Waals surface area contributed by atoms with Gasteiger partial charge in [0, 0.05) is 36.3 Å². The summed E-state index contributed by atoms with van der Waals surface area (Å²) in [5, 5.41) is 48.8. The molecule has 5 heterocycles. The Kier molecular flexibility index (Phi) is 10.6. The Morgan fingerprint density at radius 1 is 1.02 bits per heavy atom. The van der Waals surface area contributed by atoms with Crippen LogP contribution in [0.1, 0.15) is 6.04 Å². The van der Waals surface area contributed by atoms with E-state index in [1.54, 1.807) is 56.0 Å². The number of anilines is 1. The first-order chi connectivity index (χ1) is 26.1. The Bertz CT molecular complexity index is 2180. The lowest BCUT2D eigenvalue weighted by atomic mass is 10.1. The molecular weight excluding hydrogens is 735 g/mol. The van der Waals surface area contributed by atoms with Crippen molar-refractivity contribution in [1.29, 1.82) is 0 Å². The van der Waals surface area contributed by atoms with Gasteiger partial charge in [-0.15, -0.1) is 22.0 Å². The first kappa shape index (κ1) is 36.5. The molecular formula is C34H30F3N9O7S. The van der Waals surface area contributed by atoms with E-state index in [1.807, 2.05) is 0 Å². The van der Waals surface area contributed by atoms with Gasteiger partial charge in [0.15, 0.2) is 47.0 Å². The average molecular weight is 766 g/mol. The van der Waals surface area contributed by atoms with Gasteiger partial charge in [-0.05, 0) is 24.3 Å². The number of aromatic nitrogens is 8. The minimum Gasteiger partial charge on any atom is -0.503 e. The number of carbonyl (C=O) groups excluding carboxylic acids is 1. The zero-order valence-electron chi connectivity index (χ0n) is 28.1. The van der Waals surface area contributed by atoms with Crippen molar-refractivity contribution in [3.63, 3.8) is 0 Å². The summed E-state index contributed by atoms with van der Waals surface area (Å²) in [5.41, 5.74) is -0.147. The van der Waals surface area contributed by atoms with Crippen LogP contribution in [-0.2, 0) is 19.0 Å². The van der Waals surface area contributed by atoms with Crippen molar-refractivity contribution in [3.8, 4) is 22.5 Å². The molecule has 0 aliphatic carbocycles. The Morgan fingerprint density at radius 2 is 1.72 bits per heavy atom. The van der Waals surface area contributed by atoms with Crippen molar-refractivity contribution in [2.45, 2.75) is 22.8 Å². The summed E-state index contributed by atoms with van der Waals surface area (Å²) >= 11 is 0.999. The largest absolute Gasteiger partial charge is 0.503 e. The monoisotopic (exact) mass is 765 g/mol. The van der Waals surface area contributed by atoms with E-state index >= 15 is 0 Å². The van der Waals surface area contributed by atoms with Crippen LogP contribution in [0, 0.1) is 17.5 Å². The topological polar surface area (TPSA) is 196 Å². The standard InChI is InChI=1S/C34H30F3N9O7S/c1-44(20-5-3-2-4-6-20)28(48)16-52-33-30(46-12-23(40-43-46)18-7-21(35)29(37)22(36)8-18)32(50)26(13-47)53-34(33)54-27-15-51-14-25(31(27)49)45-11-24(41-42-45)19-9-38-17-39-10-19/h2-12,17,25,27,31,34,47,49-50H,13-16H2,1H3/t25-,27+,31+,34-/m0/s1. The summed E-state index contributed by atoms with van der Waals surface area (Å²) in [6.45, 7) is -1.28. The highest BCUT2D eigenvalue weighted by Crippen LogP contribution is 2.41. The zero-order valence-corrected chi connectivity index (χ0v) is 28.9. The van der Waals surface area contributed by atoms with Crippen LogP contribution in [0.4, 0.5) is 18.9 Å². The number of benzene rings is 2. The molecule has 1 fully saturated rings. The van der Waals surface area contributed by atoms with Crippen LogP contribution in [0.25, 0.3) is 28.2 Å². The molecule has 3 aromatic heterocycles. The Hall–Kier alpha value is -5.83. The minimum atomic E-state index is -1.67. The molecule has 2 aliphatic rings. The highest BCUT2D eigenvalue weighted by atomic mass is 32.2. The van der Waals surface area contributed by atoms with Crippen LogP contribution in [0.3, 0.4) is 0 Å². The number of allylic oxidation sites excluding steroid dienone is 1. The normalized spacial score (nSPS) is 20.2. The fraction of sp³-hybridized carbons (Fsp3) is 0.265. The maximum absolute atomic E-state index is 14.1. The summed E-state index contributed by atoms with van der Waals surface area (Å²) in [5.74, 6) is -6.25. The van der Waals surface area contributed by atoms with Gasteiger partial charge >= 0.3 is 0 Å². The van der Waals surface area contributed by atoms with E-state index in [0.29, 0.717) is 16.9 Å². The van der Waals surface area contributed by atoms with Gasteiger partial charge in [-0.3, -0.25) is 4.79 Å². The van der Waals surface area contributed by atoms with Gasteiger partial charge in [0.1, 0.15) is 30.4 Å². The smallest absolute Gasteiger partial charge is 0.264 e. The van der Waals surface area contributed by atoms with Gasteiger partial charge in [0.2, 0.25) is 5.44 Å². The van der Waals surface area contributed by atoms with Crippen LogP contribution in [0.2, 0.25) is 0 Å². The summed E-state index contributed by atoms with van der Waals surface area (Å²) in [4.78, 5) is 22.7. The van der Waals surface area contributed by atoms with Gasteiger partial charge in [-0.2, -0.15) is 0 Å². The zero-order chi connectivity index (χ0) is 37.9. The predicted octanol–water partition coefficient (Wildman–Crippen LogP) is 3.11. The van der Waals surface area contributed by atoms with Gasteiger partial charge in [-0.1, -0.05) is 28.6 Å². The van der Waals surface area contributed by atoms with Crippen molar-refractivity contribution in [1.82, 2.24) is 40.0 Å². The number of halogens is 3. The SMILES string of the molecule is CN(C(=O)COC1=C(n2cc(-c3cc(F)c(F)c(F)c3)nn2)C(O)=C(CO)O[C@H]1S[C@@H]1COC[C@H](n2cc(-c3cncnc3)nn2)[C@H]1O)c1ccccc1. The van der Waals surface area contributed by atoms with Crippen LogP contribution in [-0.4, -0.2) is 111 Å². The first-order valence-electron chi connectivity index (χ1n) is 16.2. The maximum Gasteiger partial charge on any atom is 0.264 e. The molecule has 0 radical (unpaired) electrons. The number of para-hydroxylation sites is 1. The summed E-state index contributed by atoms with van der Waals surface area (Å²) in [7, 11) is 1.54. The van der Waals surface area contributed by atoms with E-state index in [0.717, 1.165) is 28.6 Å². The van der Waals surface area contributed by atoms with Gasteiger partial charge in [0.25, 0.3) is 5.91 Å². The molecule has 1 saturated heterocycles. The fourth-order valence-corrected chi connectivity index (χ4v) is 6.97. The molecule has 54 heavy (non-hydrogen) atoms. The maximum atomic E-state index is 14.1. The second-order valence-electron chi connectivity index (χ2n) is 12.0. The number of aliphatic hydroxyl groups is 3. The first-order valence-corrected chi connectivity index (χ1v) is 17.1. The number of ether oxygens (including phenoxy) is 3. The quantitative estimate of drug-likeness (QED) is 0.166. The van der Waals surface area contributed by atoms with Crippen molar-refractivity contribution in [3.05, 3.63) is 108 Å². The summed E-state index contributed by atoms with van der Waals surface area (Å²) in [6.07, 6.45) is 6.19. The van der Waals surface area contributed by atoms with Crippen molar-refractivity contribution in [2.24, 2.45) is 0 Å². The van der Waals surface area contributed by atoms with Crippen molar-refractivity contribution >= 4 is 29.1 Å². The highest BCUT2D eigenvalue weighted by Gasteiger charge is 2.42. The molecule has 0 spiro atoms. The summed E-state index contributed by atoms with van der Waals surface area (Å²) < 4.78 is 62.4. The fourth-order valence-electron chi connectivity index (χ4n) is 5.66. The molecule has 4 atom stereocenters. The van der Waals surface area contributed by atoms with E-state index in [9.17, 15) is 33.3 Å². The number of amides is 1. The van der Waals surface area contributed by atoms with Gasteiger partial charge in [0.05, 0.1) is 37.0 Å². The molecule has 16 nitrogen and oxygen atoms in total. The van der Waals surface area contributed by atoms with Crippen LogP contribution < -0.4 is 4.90 Å². The molecule has 0 bridgehead atoms. The van der Waals surface area contributed by atoms with Gasteiger partial charge in [-0.25, -0.2) is 32.5 Å². The van der Waals surface area contributed by atoms with E-state index in [-0.39, 0.29) is 41.7 Å². The van der Waals surface area contributed by atoms with Crippen molar-refractivity contribution in [2.75, 3.05) is 38.4 Å². The summed E-state index contributed by atoms with van der Waals surface area (Å²) in [6, 6.07) is 9.47. The molecule has 7 rings (SSSR count). The number of nitrogens with zero attached hydrogens (tertiary/aromatic N) is 9. The second kappa shape index (κ2) is 15.6. The lowest BCUT2D eigenvalue weighted by molar-refractivity contribution is -0.122. The third-order valence-electron chi connectivity index (χ3n) is 8.55. The van der Waals surface area contributed by atoms with E-state index in [1.165, 1.54) is 22.1 Å². The Morgan fingerprint density at radius 3 is 2.44 bits per heavy atom. The van der Waals surface area contributed by atoms with Gasteiger partial charge < -0.3 is 34.4 Å². The number of thioether (sulfide) groups is 1. The molecule has 5 aromatic rings. The minimum absolute atomic E-state index is 0.0217. The second-order valence-corrected chi connectivity index (χ2v) is 13.3. The van der Waals surface area contributed by atoms with Crippen LogP contribution in [0.15, 0.2) is 90.9 Å². The predicted molar refractivity (Wildman–Crippen MR) is 184 cm³/mol. The number of likely N-dealkylation sites (N-methyl/N-ethyl adjacent to an activating group) is 1. The molecule has 280 valence electrons. The van der Waals surface area contributed by atoms with Crippen LogP contribution >= 0.6 is 11.8 Å². The molecule has 0 unspecified atom stereocenters. The van der Waals surface area contributed by atoms with Crippen molar-refractivity contribution < 1.29 is 47.5 Å². The Labute approximate surface area is 308 Å². The molecule has 0 saturated carbocycles. The lowest BCUT2D eigenvalue weighted by Crippen LogP contribution is -2.45. The molecule has 3 N–H and O–H groups in total. The number of hydrogen-bond donors (Lipinski definition) is 3. The number of rotatable bonds is 11. The third-order valence-corrected chi connectivity index (χ3v) is 9.87. The third kappa shape index (κ3) is 7.36. The lowest BCUT2D eigenvalue weighted by Gasteiger charge is -2.37. The molecule has 2 aromatic carbocycles. The Balaban J connectivity index is 1.22.